The lowest BCUT2D eigenvalue weighted by molar-refractivity contribution is 0.125. The number of aliphatic hydroxyl groups is 1. The van der Waals surface area contributed by atoms with Gasteiger partial charge in [-0.25, -0.2) is 4.39 Å². The van der Waals surface area contributed by atoms with E-state index in [4.69, 9.17) is 15.6 Å². The van der Waals surface area contributed by atoms with E-state index < -0.39 is 17.7 Å². The van der Waals surface area contributed by atoms with Crippen molar-refractivity contribution in [3.8, 4) is 5.75 Å². The molecule has 1 atom stereocenters. The van der Waals surface area contributed by atoms with Gasteiger partial charge in [0.1, 0.15) is 6.10 Å². The van der Waals surface area contributed by atoms with Gasteiger partial charge in [0.2, 0.25) is 5.82 Å². The Labute approximate surface area is 80.1 Å². The molecule has 0 aliphatic heterocycles. The minimum Gasteiger partial charge on any atom is -0.483 e. The van der Waals surface area contributed by atoms with Crippen LogP contribution in [0, 0.1) is 11.6 Å². The average Bonchev–Trinajstić information content (AvgIpc) is 2.18. The van der Waals surface area contributed by atoms with Gasteiger partial charge in [-0.1, -0.05) is 0 Å². The van der Waals surface area contributed by atoms with E-state index in [0.29, 0.717) is 0 Å². The first kappa shape index (κ1) is 10.7. The zero-order valence-electron chi connectivity index (χ0n) is 7.63. The summed E-state index contributed by atoms with van der Waals surface area (Å²) in [6.45, 7) is 1.22. The van der Waals surface area contributed by atoms with Crippen molar-refractivity contribution < 1.29 is 18.6 Å². The molecule has 1 unspecified atom stereocenters. The van der Waals surface area contributed by atoms with Crippen molar-refractivity contribution in [2.75, 3.05) is 12.3 Å². The van der Waals surface area contributed by atoms with Gasteiger partial charge in [-0.2, -0.15) is 4.39 Å². The standard InChI is InChI=1S/C9H11F2NO2/c1-5(4-13)14-9-7(12)3-2-6(10)8(9)11/h2-3,5,13H,4,12H2,1H3. The minimum atomic E-state index is -1.13. The minimum absolute atomic E-state index is 0.00389. The first-order valence-corrected chi connectivity index (χ1v) is 4.07. The van der Waals surface area contributed by atoms with Crippen LogP contribution in [0.2, 0.25) is 0 Å². The fraction of sp³-hybridized carbons (Fsp3) is 0.333. The molecule has 1 aromatic rings. The van der Waals surface area contributed by atoms with Gasteiger partial charge in [0.25, 0.3) is 0 Å². The highest BCUT2D eigenvalue weighted by atomic mass is 19.2. The van der Waals surface area contributed by atoms with Gasteiger partial charge in [-0.05, 0) is 19.1 Å². The molecule has 0 saturated carbocycles. The number of benzene rings is 1. The van der Waals surface area contributed by atoms with E-state index in [9.17, 15) is 8.78 Å². The normalized spacial score (nSPS) is 12.6. The number of nitrogen functional groups attached to an aromatic ring is 1. The van der Waals surface area contributed by atoms with E-state index in [1.165, 1.54) is 13.0 Å². The Morgan fingerprint density at radius 2 is 2.14 bits per heavy atom. The SMILES string of the molecule is CC(CO)Oc1c(N)ccc(F)c1F. The number of rotatable bonds is 3. The molecule has 0 fully saturated rings. The second-order valence-corrected chi connectivity index (χ2v) is 2.89. The summed E-state index contributed by atoms with van der Waals surface area (Å²) in [6.07, 6.45) is -0.631. The summed E-state index contributed by atoms with van der Waals surface area (Å²) in [6, 6.07) is 2.12. The van der Waals surface area contributed by atoms with Crippen LogP contribution in [0.1, 0.15) is 6.92 Å². The number of aliphatic hydroxyl groups excluding tert-OH is 1. The molecule has 0 aliphatic carbocycles. The van der Waals surface area contributed by atoms with Crippen LogP contribution in [0.15, 0.2) is 12.1 Å². The van der Waals surface area contributed by atoms with Gasteiger partial charge in [-0.3, -0.25) is 0 Å². The fourth-order valence-electron chi connectivity index (χ4n) is 0.905. The maximum atomic E-state index is 13.1. The molecule has 14 heavy (non-hydrogen) atoms. The Balaban J connectivity index is 3.00. The molecule has 1 rings (SSSR count). The average molecular weight is 203 g/mol. The lowest BCUT2D eigenvalue weighted by Crippen LogP contribution is -2.18. The van der Waals surface area contributed by atoms with Gasteiger partial charge in [0, 0.05) is 0 Å². The maximum absolute atomic E-state index is 13.1. The third kappa shape index (κ3) is 2.11. The lowest BCUT2D eigenvalue weighted by Gasteiger charge is -2.14. The van der Waals surface area contributed by atoms with Crippen LogP contribution in [0.3, 0.4) is 0 Å². The molecule has 0 bridgehead atoms. The number of halogens is 2. The zero-order chi connectivity index (χ0) is 10.7. The Hall–Kier alpha value is -1.36. The smallest absolute Gasteiger partial charge is 0.202 e. The lowest BCUT2D eigenvalue weighted by atomic mass is 10.2. The van der Waals surface area contributed by atoms with E-state index in [-0.39, 0.29) is 18.0 Å². The van der Waals surface area contributed by atoms with E-state index in [1.807, 2.05) is 0 Å². The predicted octanol–water partition coefficient (Wildman–Crippen LogP) is 1.31. The van der Waals surface area contributed by atoms with Gasteiger partial charge in [0.05, 0.1) is 12.3 Å². The Morgan fingerprint density at radius 3 is 2.71 bits per heavy atom. The number of anilines is 1. The molecule has 0 radical (unpaired) electrons. The molecule has 0 amide bonds. The van der Waals surface area contributed by atoms with Gasteiger partial charge in [-0.15, -0.1) is 0 Å². The highest BCUT2D eigenvalue weighted by molar-refractivity contribution is 5.53. The number of ether oxygens (including phenoxy) is 1. The van der Waals surface area contributed by atoms with Crippen LogP contribution in [0.5, 0.6) is 5.75 Å². The Morgan fingerprint density at radius 1 is 1.50 bits per heavy atom. The predicted molar refractivity (Wildman–Crippen MR) is 47.9 cm³/mol. The first-order chi connectivity index (χ1) is 6.56. The maximum Gasteiger partial charge on any atom is 0.202 e. The van der Waals surface area contributed by atoms with E-state index in [0.717, 1.165) is 6.07 Å². The number of hydrogen-bond acceptors (Lipinski definition) is 3. The Bertz CT molecular complexity index is 331. The van der Waals surface area contributed by atoms with Crippen LogP contribution in [-0.2, 0) is 0 Å². The summed E-state index contributed by atoms with van der Waals surface area (Å²) in [4.78, 5) is 0. The van der Waals surface area contributed by atoms with Crippen molar-refractivity contribution in [1.82, 2.24) is 0 Å². The molecule has 0 aliphatic rings. The topological polar surface area (TPSA) is 55.5 Å². The number of hydrogen-bond donors (Lipinski definition) is 2. The van der Waals surface area contributed by atoms with Gasteiger partial charge in [0.15, 0.2) is 11.6 Å². The zero-order valence-corrected chi connectivity index (χ0v) is 7.63. The molecule has 5 heteroatoms. The molecule has 0 heterocycles. The fourth-order valence-corrected chi connectivity index (χ4v) is 0.905. The second-order valence-electron chi connectivity index (χ2n) is 2.89. The quantitative estimate of drug-likeness (QED) is 0.728. The van der Waals surface area contributed by atoms with Crippen molar-refractivity contribution in [3.63, 3.8) is 0 Å². The summed E-state index contributed by atoms with van der Waals surface area (Å²) < 4.78 is 30.8. The van der Waals surface area contributed by atoms with E-state index in [1.54, 1.807) is 0 Å². The molecule has 0 saturated heterocycles. The molecule has 78 valence electrons. The molecule has 0 aromatic heterocycles. The van der Waals surface area contributed by atoms with Crippen molar-refractivity contribution in [2.24, 2.45) is 0 Å². The van der Waals surface area contributed by atoms with Gasteiger partial charge >= 0.3 is 0 Å². The monoisotopic (exact) mass is 203 g/mol. The van der Waals surface area contributed by atoms with Crippen molar-refractivity contribution in [2.45, 2.75) is 13.0 Å². The van der Waals surface area contributed by atoms with Crippen LogP contribution in [0.4, 0.5) is 14.5 Å². The van der Waals surface area contributed by atoms with E-state index in [2.05, 4.69) is 0 Å². The van der Waals surface area contributed by atoms with Crippen LogP contribution < -0.4 is 10.5 Å². The van der Waals surface area contributed by atoms with Crippen molar-refractivity contribution >= 4 is 5.69 Å². The summed E-state index contributed by atoms with van der Waals surface area (Å²) in [5.41, 5.74) is 5.38. The summed E-state index contributed by atoms with van der Waals surface area (Å²) >= 11 is 0. The third-order valence-electron chi connectivity index (χ3n) is 1.66. The molecule has 3 N–H and O–H groups in total. The summed E-state index contributed by atoms with van der Waals surface area (Å²) in [7, 11) is 0. The second kappa shape index (κ2) is 4.23. The summed E-state index contributed by atoms with van der Waals surface area (Å²) in [5.74, 6) is -2.52. The van der Waals surface area contributed by atoms with Gasteiger partial charge < -0.3 is 15.6 Å². The van der Waals surface area contributed by atoms with Crippen molar-refractivity contribution in [1.29, 1.82) is 0 Å². The van der Waals surface area contributed by atoms with Crippen LogP contribution in [0.25, 0.3) is 0 Å². The summed E-state index contributed by atoms with van der Waals surface area (Å²) in [5, 5.41) is 8.67. The number of nitrogens with two attached hydrogens (primary N) is 1. The highest BCUT2D eigenvalue weighted by Gasteiger charge is 2.15. The highest BCUT2D eigenvalue weighted by Crippen LogP contribution is 2.27. The first-order valence-electron chi connectivity index (χ1n) is 4.07. The van der Waals surface area contributed by atoms with E-state index >= 15 is 0 Å². The van der Waals surface area contributed by atoms with Crippen molar-refractivity contribution in [3.05, 3.63) is 23.8 Å². The Kier molecular flexibility index (Phi) is 3.24. The van der Waals surface area contributed by atoms with Crippen LogP contribution in [-0.4, -0.2) is 17.8 Å². The molecule has 1 aromatic carbocycles. The third-order valence-corrected chi connectivity index (χ3v) is 1.66. The molecular weight excluding hydrogens is 192 g/mol. The van der Waals surface area contributed by atoms with Crippen LogP contribution >= 0.6 is 0 Å². The largest absolute Gasteiger partial charge is 0.483 e. The molecule has 3 nitrogen and oxygen atoms in total. The molecular formula is C9H11F2NO2. The molecule has 0 spiro atoms.